The second-order valence-electron chi connectivity index (χ2n) is 6.74. The molecule has 0 saturated carbocycles. The lowest BCUT2D eigenvalue weighted by Crippen LogP contribution is -2.58. The van der Waals surface area contributed by atoms with Crippen molar-refractivity contribution in [3.8, 4) is 0 Å². The molecule has 0 saturated heterocycles. The minimum Gasteiger partial charge on any atom is -0.481 e. The molecule has 14 heteroatoms. The quantitative estimate of drug-likeness (QED) is 0.132. The molecular formula is C16H27N5O8S. The summed E-state index contributed by atoms with van der Waals surface area (Å²) in [6.07, 6.45) is -1.63. The van der Waals surface area contributed by atoms with Crippen molar-refractivity contribution < 1.29 is 39.0 Å². The van der Waals surface area contributed by atoms with Crippen LogP contribution in [0, 0.1) is 5.92 Å². The van der Waals surface area contributed by atoms with Crippen LogP contribution in [-0.4, -0.2) is 75.7 Å². The van der Waals surface area contributed by atoms with E-state index < -0.39 is 72.6 Å². The lowest BCUT2D eigenvalue weighted by atomic mass is 10.0. The van der Waals surface area contributed by atoms with Gasteiger partial charge in [-0.25, -0.2) is 4.79 Å². The fourth-order valence-electron chi connectivity index (χ4n) is 2.09. The summed E-state index contributed by atoms with van der Waals surface area (Å²) in [4.78, 5) is 69.9. The third kappa shape index (κ3) is 9.56. The van der Waals surface area contributed by atoms with Crippen LogP contribution in [0.5, 0.6) is 0 Å². The van der Waals surface area contributed by atoms with Crippen LogP contribution in [0.25, 0.3) is 0 Å². The number of thiol groups is 1. The maximum atomic E-state index is 12.4. The molecule has 0 aromatic heterocycles. The van der Waals surface area contributed by atoms with Crippen molar-refractivity contribution in [3.63, 3.8) is 0 Å². The van der Waals surface area contributed by atoms with E-state index in [0.717, 1.165) is 0 Å². The highest BCUT2D eigenvalue weighted by Crippen LogP contribution is 2.02. The van der Waals surface area contributed by atoms with Crippen LogP contribution in [0.4, 0.5) is 0 Å². The van der Waals surface area contributed by atoms with Crippen molar-refractivity contribution in [2.45, 2.75) is 50.9 Å². The number of carbonyl (C=O) groups is 6. The zero-order valence-corrected chi connectivity index (χ0v) is 17.3. The van der Waals surface area contributed by atoms with Crippen LogP contribution in [-0.2, 0) is 28.8 Å². The van der Waals surface area contributed by atoms with Gasteiger partial charge in [0, 0.05) is 5.75 Å². The summed E-state index contributed by atoms with van der Waals surface area (Å²) in [5.74, 6) is -7.22. The summed E-state index contributed by atoms with van der Waals surface area (Å²) < 4.78 is 0. The number of carbonyl (C=O) groups excluding carboxylic acids is 4. The molecule has 0 aromatic carbocycles. The van der Waals surface area contributed by atoms with E-state index >= 15 is 0 Å². The summed E-state index contributed by atoms with van der Waals surface area (Å²) >= 11 is 3.95. The van der Waals surface area contributed by atoms with Gasteiger partial charge < -0.3 is 37.6 Å². The number of aliphatic carboxylic acids is 2. The molecule has 9 N–H and O–H groups in total. The molecule has 0 spiro atoms. The van der Waals surface area contributed by atoms with Gasteiger partial charge in [0.15, 0.2) is 0 Å². The first-order valence-corrected chi connectivity index (χ1v) is 9.43. The van der Waals surface area contributed by atoms with E-state index in [1.165, 1.54) is 0 Å². The van der Waals surface area contributed by atoms with Gasteiger partial charge in [0.2, 0.25) is 23.6 Å². The van der Waals surface area contributed by atoms with Gasteiger partial charge in [-0.1, -0.05) is 13.8 Å². The van der Waals surface area contributed by atoms with Crippen LogP contribution < -0.4 is 27.4 Å². The van der Waals surface area contributed by atoms with E-state index in [2.05, 4.69) is 23.3 Å². The molecule has 4 atom stereocenters. The van der Waals surface area contributed by atoms with Gasteiger partial charge in [-0.3, -0.25) is 24.0 Å². The minimum atomic E-state index is -1.72. The van der Waals surface area contributed by atoms with E-state index in [4.69, 9.17) is 21.7 Å². The second kappa shape index (κ2) is 12.6. The fourth-order valence-corrected chi connectivity index (χ4v) is 2.35. The second-order valence-corrected chi connectivity index (χ2v) is 7.11. The summed E-state index contributed by atoms with van der Waals surface area (Å²) in [6.45, 7) is 3.39. The third-order valence-corrected chi connectivity index (χ3v) is 4.23. The SMILES string of the molecule is CC(C)C(N)C(=O)NC(CS)C(=O)NC(CC(=O)O)C(=O)NC(CC(N)=O)C(=O)O. The normalized spacial score (nSPS) is 14.7. The van der Waals surface area contributed by atoms with Crippen LogP contribution in [0.1, 0.15) is 26.7 Å². The Morgan fingerprint density at radius 2 is 1.30 bits per heavy atom. The maximum Gasteiger partial charge on any atom is 0.326 e. The molecule has 4 amide bonds. The molecule has 0 bridgehead atoms. The number of nitrogens with two attached hydrogens (primary N) is 2. The van der Waals surface area contributed by atoms with Crippen molar-refractivity contribution in [3.05, 3.63) is 0 Å². The maximum absolute atomic E-state index is 12.4. The molecule has 0 heterocycles. The van der Waals surface area contributed by atoms with Gasteiger partial charge in [0.1, 0.15) is 18.1 Å². The molecule has 0 aliphatic rings. The van der Waals surface area contributed by atoms with E-state index in [9.17, 15) is 28.8 Å². The molecule has 30 heavy (non-hydrogen) atoms. The third-order valence-electron chi connectivity index (χ3n) is 3.87. The molecule has 0 fully saturated rings. The molecule has 0 rings (SSSR count). The average Bonchev–Trinajstić information content (AvgIpc) is 2.62. The number of hydrogen-bond acceptors (Lipinski definition) is 8. The van der Waals surface area contributed by atoms with Crippen LogP contribution in [0.3, 0.4) is 0 Å². The van der Waals surface area contributed by atoms with Crippen LogP contribution in [0.2, 0.25) is 0 Å². The van der Waals surface area contributed by atoms with Crippen LogP contribution >= 0.6 is 12.6 Å². The Balaban J connectivity index is 5.33. The van der Waals surface area contributed by atoms with E-state index in [1.807, 2.05) is 5.32 Å². The average molecular weight is 449 g/mol. The molecule has 0 aliphatic carbocycles. The highest BCUT2D eigenvalue weighted by Gasteiger charge is 2.32. The smallest absolute Gasteiger partial charge is 0.326 e. The first-order valence-electron chi connectivity index (χ1n) is 8.80. The van der Waals surface area contributed by atoms with Gasteiger partial charge in [-0.05, 0) is 5.92 Å². The number of carboxylic acids is 2. The standard InChI is InChI=1S/C16H27N5O8S/c1-6(2)12(18)15(27)21-9(5-30)14(26)19-7(4-11(23)24)13(25)20-8(16(28)29)3-10(17)22/h6-9,12,30H,3-5,18H2,1-2H3,(H2,17,22)(H,19,26)(H,20,25)(H,21,27)(H,23,24)(H,28,29). The monoisotopic (exact) mass is 449 g/mol. The van der Waals surface area contributed by atoms with Gasteiger partial charge in [0.05, 0.1) is 18.9 Å². The van der Waals surface area contributed by atoms with Gasteiger partial charge in [-0.2, -0.15) is 12.6 Å². The Morgan fingerprint density at radius 3 is 1.70 bits per heavy atom. The predicted octanol–water partition coefficient (Wildman–Crippen LogP) is -3.21. The van der Waals surface area contributed by atoms with E-state index in [0.29, 0.717) is 0 Å². The zero-order valence-electron chi connectivity index (χ0n) is 16.5. The summed E-state index contributed by atoms with van der Waals surface area (Å²) in [5.41, 5.74) is 10.6. The Kier molecular flexibility index (Phi) is 11.4. The number of nitrogens with one attached hydrogen (secondary N) is 3. The largest absolute Gasteiger partial charge is 0.481 e. The lowest BCUT2D eigenvalue weighted by Gasteiger charge is -2.24. The molecule has 0 aromatic rings. The van der Waals surface area contributed by atoms with Gasteiger partial charge >= 0.3 is 11.9 Å². The zero-order chi connectivity index (χ0) is 23.6. The lowest BCUT2D eigenvalue weighted by molar-refractivity contribution is -0.144. The molecule has 170 valence electrons. The van der Waals surface area contributed by atoms with E-state index in [1.54, 1.807) is 13.8 Å². The van der Waals surface area contributed by atoms with Gasteiger partial charge in [-0.15, -0.1) is 0 Å². The summed E-state index contributed by atoms with van der Waals surface area (Å²) in [7, 11) is 0. The molecular weight excluding hydrogens is 422 g/mol. The Hall–Kier alpha value is -2.87. The summed E-state index contributed by atoms with van der Waals surface area (Å²) in [6, 6.07) is -5.56. The molecule has 0 radical (unpaired) electrons. The van der Waals surface area contributed by atoms with E-state index in [-0.39, 0.29) is 11.7 Å². The van der Waals surface area contributed by atoms with Crippen molar-refractivity contribution in [1.82, 2.24) is 16.0 Å². The first kappa shape index (κ1) is 27.1. The highest BCUT2D eigenvalue weighted by molar-refractivity contribution is 7.80. The number of carboxylic acid groups (broad SMARTS) is 2. The number of hydrogen-bond donors (Lipinski definition) is 8. The van der Waals surface area contributed by atoms with Crippen molar-refractivity contribution in [1.29, 1.82) is 0 Å². The van der Waals surface area contributed by atoms with Crippen molar-refractivity contribution >= 4 is 48.2 Å². The molecule has 13 nitrogen and oxygen atoms in total. The van der Waals surface area contributed by atoms with Crippen LogP contribution in [0.15, 0.2) is 0 Å². The highest BCUT2D eigenvalue weighted by atomic mass is 32.1. The fraction of sp³-hybridized carbons (Fsp3) is 0.625. The van der Waals surface area contributed by atoms with Gasteiger partial charge in [0.25, 0.3) is 0 Å². The van der Waals surface area contributed by atoms with Crippen molar-refractivity contribution in [2.75, 3.05) is 5.75 Å². The van der Waals surface area contributed by atoms with Crippen molar-refractivity contribution in [2.24, 2.45) is 17.4 Å². The molecule has 4 unspecified atom stereocenters. The number of rotatable bonds is 13. The minimum absolute atomic E-state index is 0.191. The topological polar surface area (TPSA) is 231 Å². The Morgan fingerprint density at radius 1 is 0.833 bits per heavy atom. The number of amides is 4. The first-order chi connectivity index (χ1) is 13.8. The Bertz CT molecular complexity index is 687. The number of primary amides is 1. The predicted molar refractivity (Wildman–Crippen MR) is 106 cm³/mol. The Labute approximate surface area is 177 Å². The molecule has 0 aliphatic heterocycles. The summed E-state index contributed by atoms with van der Waals surface area (Å²) in [5, 5.41) is 24.4.